The van der Waals surface area contributed by atoms with Gasteiger partial charge in [0.25, 0.3) is 0 Å². The Bertz CT molecular complexity index is 1050. The first-order valence-electron chi connectivity index (χ1n) is 10.2. The van der Waals surface area contributed by atoms with Crippen molar-refractivity contribution < 1.29 is 13.8 Å². The Morgan fingerprint density at radius 2 is 1.97 bits per heavy atom. The average molecular weight is 411 g/mol. The number of likely N-dealkylation sites (tertiary alicyclic amines) is 1. The molecule has 2 aromatic heterocycles. The van der Waals surface area contributed by atoms with Crippen LogP contribution < -0.4 is 0 Å². The lowest BCUT2D eigenvalue weighted by Crippen LogP contribution is -2.51. The van der Waals surface area contributed by atoms with Gasteiger partial charge in [-0.25, -0.2) is 9.02 Å². The van der Waals surface area contributed by atoms with Crippen molar-refractivity contribution in [1.82, 2.24) is 35.4 Å². The number of hydrogen-bond acceptors (Lipinski definition) is 7. The fraction of sp³-hybridized carbons (Fsp3) is 0.500. The van der Waals surface area contributed by atoms with Gasteiger partial charge in [-0.05, 0) is 67.5 Å². The summed E-state index contributed by atoms with van der Waals surface area (Å²) in [5.41, 5.74) is 2.10. The first-order valence-corrected chi connectivity index (χ1v) is 10.2. The summed E-state index contributed by atoms with van der Waals surface area (Å²) in [5, 5.41) is 20.5. The molecule has 1 amide bonds. The van der Waals surface area contributed by atoms with Gasteiger partial charge < -0.3 is 4.90 Å². The first kappa shape index (κ1) is 18.8. The molecule has 2 fully saturated rings. The van der Waals surface area contributed by atoms with Crippen molar-refractivity contribution in [2.75, 3.05) is 13.1 Å². The van der Waals surface area contributed by atoms with E-state index in [1.165, 1.54) is 12.1 Å². The molecule has 1 spiro atoms. The van der Waals surface area contributed by atoms with Gasteiger partial charge in [-0.15, -0.1) is 10.2 Å². The van der Waals surface area contributed by atoms with Crippen molar-refractivity contribution in [2.45, 2.75) is 45.1 Å². The van der Waals surface area contributed by atoms with Crippen molar-refractivity contribution in [2.24, 2.45) is 5.41 Å². The van der Waals surface area contributed by atoms with Crippen molar-refractivity contribution in [3.05, 3.63) is 41.5 Å². The van der Waals surface area contributed by atoms with Gasteiger partial charge in [-0.3, -0.25) is 4.79 Å². The molecule has 9 nitrogen and oxygen atoms in total. The summed E-state index contributed by atoms with van der Waals surface area (Å²) < 4.78 is 17.8. The van der Waals surface area contributed by atoms with Crippen LogP contribution in [0.25, 0.3) is 11.4 Å². The number of aromatic nitrogens is 6. The number of rotatable bonds is 4. The maximum Gasteiger partial charge on any atom is 0.228 e. The topological polar surface area (TPSA) is 103 Å². The number of carbonyl (C=O) groups is 1. The van der Waals surface area contributed by atoms with Gasteiger partial charge in [0.1, 0.15) is 17.2 Å². The van der Waals surface area contributed by atoms with Crippen LogP contribution in [0.15, 0.2) is 28.9 Å². The van der Waals surface area contributed by atoms with Crippen LogP contribution in [-0.4, -0.2) is 54.4 Å². The van der Waals surface area contributed by atoms with E-state index in [0.29, 0.717) is 30.3 Å². The third-order valence-corrected chi connectivity index (χ3v) is 6.61. The third-order valence-electron chi connectivity index (χ3n) is 6.61. The molecule has 1 saturated carbocycles. The normalized spacial score (nSPS) is 20.3. The summed E-state index contributed by atoms with van der Waals surface area (Å²) in [7, 11) is 0. The van der Waals surface area contributed by atoms with Crippen LogP contribution in [0.5, 0.6) is 0 Å². The van der Waals surface area contributed by atoms with E-state index >= 15 is 0 Å². The molecular weight excluding hydrogens is 389 g/mol. The minimum Gasteiger partial charge on any atom is -0.342 e. The summed E-state index contributed by atoms with van der Waals surface area (Å²) in [4.78, 5) is 16.2. The third kappa shape index (κ3) is 3.25. The highest BCUT2D eigenvalue weighted by atomic mass is 19.1. The van der Waals surface area contributed by atoms with E-state index in [4.69, 9.17) is 0 Å². The Hall–Kier alpha value is -3.17. The molecular formula is C20H22FN7O2. The molecule has 10 heteroatoms. The standard InChI is InChI=1S/C20H22FN7O2/c1-13-16(25-30-24-13)12-18(29)27-10-8-20(9-11-27)7-6-17(20)28-23-19(22-26-28)14-2-4-15(21)5-3-14/h2-5,17H,6-12H2,1H3. The van der Waals surface area contributed by atoms with Crippen LogP contribution in [-0.2, 0) is 11.2 Å². The van der Waals surface area contributed by atoms with Gasteiger partial charge in [0.05, 0.1) is 12.5 Å². The van der Waals surface area contributed by atoms with Crippen LogP contribution in [0, 0.1) is 18.2 Å². The fourth-order valence-corrected chi connectivity index (χ4v) is 4.56. The monoisotopic (exact) mass is 411 g/mol. The van der Waals surface area contributed by atoms with E-state index in [9.17, 15) is 9.18 Å². The molecule has 30 heavy (non-hydrogen) atoms. The lowest BCUT2D eigenvalue weighted by molar-refractivity contribution is -0.135. The molecule has 0 N–H and O–H groups in total. The lowest BCUT2D eigenvalue weighted by atomic mass is 9.59. The van der Waals surface area contributed by atoms with Crippen LogP contribution in [0.1, 0.15) is 43.1 Å². The maximum absolute atomic E-state index is 13.2. The summed E-state index contributed by atoms with van der Waals surface area (Å²) >= 11 is 0. The largest absolute Gasteiger partial charge is 0.342 e. The fourth-order valence-electron chi connectivity index (χ4n) is 4.56. The molecule has 1 unspecified atom stereocenters. The molecule has 1 atom stereocenters. The second-order valence-corrected chi connectivity index (χ2v) is 8.21. The molecule has 1 aliphatic carbocycles. The zero-order valence-corrected chi connectivity index (χ0v) is 16.7. The number of benzene rings is 1. The van der Waals surface area contributed by atoms with Gasteiger partial charge in [-0.2, -0.15) is 4.80 Å². The number of nitrogens with zero attached hydrogens (tertiary/aromatic N) is 7. The minimum atomic E-state index is -0.291. The van der Waals surface area contributed by atoms with Crippen molar-refractivity contribution in [1.29, 1.82) is 0 Å². The Balaban J connectivity index is 1.24. The maximum atomic E-state index is 13.2. The van der Waals surface area contributed by atoms with E-state index in [2.05, 4.69) is 30.4 Å². The molecule has 0 radical (unpaired) electrons. The molecule has 5 rings (SSSR count). The highest BCUT2D eigenvalue weighted by Crippen LogP contribution is 2.55. The second kappa shape index (κ2) is 7.26. The number of piperidine rings is 1. The minimum absolute atomic E-state index is 0.0528. The molecule has 3 heterocycles. The Kier molecular flexibility index (Phi) is 4.56. The van der Waals surface area contributed by atoms with Crippen LogP contribution >= 0.6 is 0 Å². The number of carbonyl (C=O) groups excluding carboxylic acids is 1. The van der Waals surface area contributed by atoms with Crippen LogP contribution in [0.4, 0.5) is 4.39 Å². The van der Waals surface area contributed by atoms with E-state index in [-0.39, 0.29) is 29.6 Å². The Labute approximate surface area is 172 Å². The number of tetrazole rings is 1. The summed E-state index contributed by atoms with van der Waals surface area (Å²) in [5.74, 6) is 0.263. The Morgan fingerprint density at radius 3 is 2.60 bits per heavy atom. The molecule has 156 valence electrons. The van der Waals surface area contributed by atoms with Gasteiger partial charge in [0.15, 0.2) is 0 Å². The summed E-state index contributed by atoms with van der Waals surface area (Å²) in [6.07, 6.45) is 4.13. The van der Waals surface area contributed by atoms with E-state index in [1.807, 2.05) is 4.90 Å². The SMILES string of the molecule is Cc1nonc1CC(=O)N1CCC2(CCC2n2nnc(-c3ccc(F)cc3)n2)CC1. The van der Waals surface area contributed by atoms with Crippen molar-refractivity contribution >= 4 is 5.91 Å². The number of amides is 1. The highest BCUT2D eigenvalue weighted by Gasteiger charge is 2.50. The zero-order valence-electron chi connectivity index (χ0n) is 16.7. The summed E-state index contributed by atoms with van der Waals surface area (Å²) in [6.45, 7) is 3.20. The van der Waals surface area contributed by atoms with Gasteiger partial charge in [0.2, 0.25) is 11.7 Å². The van der Waals surface area contributed by atoms with E-state index in [1.54, 1.807) is 23.9 Å². The molecule has 2 aliphatic rings. The average Bonchev–Trinajstić information content (AvgIpc) is 3.37. The van der Waals surface area contributed by atoms with E-state index in [0.717, 1.165) is 31.2 Å². The molecule has 1 aliphatic heterocycles. The second-order valence-electron chi connectivity index (χ2n) is 8.21. The van der Waals surface area contributed by atoms with Crippen molar-refractivity contribution in [3.63, 3.8) is 0 Å². The van der Waals surface area contributed by atoms with Crippen molar-refractivity contribution in [3.8, 4) is 11.4 Å². The number of hydrogen-bond donors (Lipinski definition) is 0. The Morgan fingerprint density at radius 1 is 1.20 bits per heavy atom. The van der Waals surface area contributed by atoms with Gasteiger partial charge in [0, 0.05) is 18.7 Å². The molecule has 3 aromatic rings. The van der Waals surface area contributed by atoms with Crippen LogP contribution in [0.3, 0.4) is 0 Å². The summed E-state index contributed by atoms with van der Waals surface area (Å²) in [6, 6.07) is 6.28. The number of aryl methyl sites for hydroxylation is 1. The predicted molar refractivity (Wildman–Crippen MR) is 102 cm³/mol. The number of halogens is 1. The van der Waals surface area contributed by atoms with Gasteiger partial charge >= 0.3 is 0 Å². The molecule has 1 aromatic carbocycles. The smallest absolute Gasteiger partial charge is 0.228 e. The highest BCUT2D eigenvalue weighted by molar-refractivity contribution is 5.78. The first-order chi connectivity index (χ1) is 14.5. The van der Waals surface area contributed by atoms with Gasteiger partial charge in [-0.1, -0.05) is 10.3 Å². The molecule has 1 saturated heterocycles. The lowest BCUT2D eigenvalue weighted by Gasteiger charge is -2.52. The van der Waals surface area contributed by atoms with E-state index < -0.39 is 0 Å². The molecule has 0 bridgehead atoms. The quantitative estimate of drug-likeness (QED) is 0.649. The van der Waals surface area contributed by atoms with Crippen LogP contribution in [0.2, 0.25) is 0 Å². The predicted octanol–water partition coefficient (Wildman–Crippen LogP) is 2.36. The zero-order chi connectivity index (χ0) is 20.7.